The Kier molecular flexibility index (Phi) is 3.39. The topological polar surface area (TPSA) is 64.1 Å². The monoisotopic (exact) mass is 251 g/mol. The van der Waals surface area contributed by atoms with Gasteiger partial charge in [-0.3, -0.25) is 4.98 Å². The van der Waals surface area contributed by atoms with Gasteiger partial charge >= 0.3 is 6.09 Å². The van der Waals surface area contributed by atoms with Crippen molar-refractivity contribution < 1.29 is 9.53 Å². The average molecular weight is 252 g/mol. The van der Waals surface area contributed by atoms with Crippen molar-refractivity contribution in [3.05, 3.63) is 35.2 Å². The maximum Gasteiger partial charge on any atom is 0.407 e. The smallest absolute Gasteiger partial charge is 0.407 e. The van der Waals surface area contributed by atoms with E-state index in [0.29, 0.717) is 17.2 Å². The first-order valence-electron chi connectivity index (χ1n) is 4.91. The second-order valence-corrected chi connectivity index (χ2v) is 3.72. The van der Waals surface area contributed by atoms with E-state index in [0.717, 1.165) is 10.9 Å². The molecule has 2 heterocycles. The third kappa shape index (κ3) is 2.62. The van der Waals surface area contributed by atoms with E-state index in [9.17, 15) is 4.79 Å². The van der Waals surface area contributed by atoms with Crippen molar-refractivity contribution in [2.75, 3.05) is 7.11 Å². The van der Waals surface area contributed by atoms with Crippen LogP contribution in [0.25, 0.3) is 10.9 Å². The first-order chi connectivity index (χ1) is 8.20. The summed E-state index contributed by atoms with van der Waals surface area (Å²) in [5.41, 5.74) is 1.51. The van der Waals surface area contributed by atoms with Gasteiger partial charge in [0.25, 0.3) is 0 Å². The molecule has 0 fully saturated rings. The predicted molar refractivity (Wildman–Crippen MR) is 63.8 cm³/mol. The van der Waals surface area contributed by atoms with Gasteiger partial charge in [0.1, 0.15) is 5.52 Å². The van der Waals surface area contributed by atoms with Crippen molar-refractivity contribution in [1.82, 2.24) is 15.3 Å². The number of nitrogens with one attached hydrogen (secondary N) is 1. The molecule has 0 aromatic carbocycles. The van der Waals surface area contributed by atoms with Crippen molar-refractivity contribution >= 4 is 28.6 Å². The summed E-state index contributed by atoms with van der Waals surface area (Å²) in [6.45, 7) is 0.357. The van der Waals surface area contributed by atoms with Crippen molar-refractivity contribution in [2.45, 2.75) is 6.54 Å². The summed E-state index contributed by atoms with van der Waals surface area (Å²) in [5, 5.41) is 3.83. The Morgan fingerprint density at radius 2 is 2.35 bits per heavy atom. The molecule has 0 bridgehead atoms. The quantitative estimate of drug-likeness (QED) is 0.831. The van der Waals surface area contributed by atoms with E-state index < -0.39 is 6.09 Å². The molecular formula is C11H10ClN3O2. The molecule has 6 heteroatoms. The number of methoxy groups -OCH3 is 1. The van der Waals surface area contributed by atoms with Crippen LogP contribution in [-0.2, 0) is 11.3 Å². The molecule has 1 N–H and O–H groups in total. The van der Waals surface area contributed by atoms with Gasteiger partial charge in [-0.1, -0.05) is 11.6 Å². The zero-order chi connectivity index (χ0) is 12.3. The fourth-order valence-electron chi connectivity index (χ4n) is 1.41. The van der Waals surface area contributed by atoms with Gasteiger partial charge in [0, 0.05) is 24.3 Å². The van der Waals surface area contributed by atoms with Gasteiger partial charge < -0.3 is 10.1 Å². The number of hydrogen-bond acceptors (Lipinski definition) is 4. The Morgan fingerprint density at radius 1 is 1.53 bits per heavy atom. The minimum Gasteiger partial charge on any atom is -0.453 e. The molecule has 0 aliphatic heterocycles. The second-order valence-electron chi connectivity index (χ2n) is 3.36. The van der Waals surface area contributed by atoms with Crippen LogP contribution in [0.2, 0.25) is 5.15 Å². The molecule has 17 heavy (non-hydrogen) atoms. The van der Waals surface area contributed by atoms with Gasteiger partial charge in [-0.05, 0) is 17.7 Å². The van der Waals surface area contributed by atoms with E-state index >= 15 is 0 Å². The molecule has 0 saturated carbocycles. The Morgan fingerprint density at radius 3 is 3.12 bits per heavy atom. The second kappa shape index (κ2) is 4.97. The van der Waals surface area contributed by atoms with Crippen LogP contribution in [0.3, 0.4) is 0 Å². The number of pyridine rings is 2. The third-order valence-electron chi connectivity index (χ3n) is 2.23. The number of nitrogens with zero attached hydrogens (tertiary/aromatic N) is 2. The molecule has 2 aromatic rings. The van der Waals surface area contributed by atoms with Crippen molar-refractivity contribution in [1.29, 1.82) is 0 Å². The summed E-state index contributed by atoms with van der Waals surface area (Å²) in [6, 6.07) is 3.71. The lowest BCUT2D eigenvalue weighted by atomic mass is 10.2. The summed E-state index contributed by atoms with van der Waals surface area (Å²) in [4.78, 5) is 19.1. The maximum atomic E-state index is 10.9. The normalized spacial score (nSPS) is 10.2. The van der Waals surface area contributed by atoms with Gasteiger partial charge in [-0.15, -0.1) is 0 Å². The van der Waals surface area contributed by atoms with Gasteiger partial charge in [0.2, 0.25) is 0 Å². The fraction of sp³-hybridized carbons (Fsp3) is 0.182. The number of aromatic nitrogens is 2. The summed E-state index contributed by atoms with van der Waals surface area (Å²) in [5.74, 6) is 0. The van der Waals surface area contributed by atoms with E-state index in [-0.39, 0.29) is 0 Å². The molecule has 2 aromatic heterocycles. The predicted octanol–water partition coefficient (Wildman–Crippen LogP) is 2.14. The Hall–Kier alpha value is -1.88. The number of rotatable bonds is 2. The molecule has 0 atom stereocenters. The molecular weight excluding hydrogens is 242 g/mol. The number of amides is 1. The number of alkyl carbamates (subject to hydrolysis) is 1. The molecule has 0 aliphatic rings. The molecule has 0 spiro atoms. The number of ether oxygens (including phenoxy) is 1. The molecule has 5 nitrogen and oxygen atoms in total. The number of carbonyl (C=O) groups is 1. The Balaban J connectivity index is 2.23. The van der Waals surface area contributed by atoms with E-state index in [2.05, 4.69) is 20.0 Å². The van der Waals surface area contributed by atoms with E-state index in [1.54, 1.807) is 12.4 Å². The van der Waals surface area contributed by atoms with Gasteiger partial charge in [0.05, 0.1) is 7.11 Å². The highest BCUT2D eigenvalue weighted by Crippen LogP contribution is 2.19. The van der Waals surface area contributed by atoms with Crippen LogP contribution in [0.5, 0.6) is 0 Å². The van der Waals surface area contributed by atoms with E-state index in [1.807, 2.05) is 12.1 Å². The number of hydrogen-bond donors (Lipinski definition) is 1. The molecule has 0 radical (unpaired) electrons. The maximum absolute atomic E-state index is 10.9. The van der Waals surface area contributed by atoms with E-state index in [4.69, 9.17) is 11.6 Å². The Labute approximate surface area is 103 Å². The lowest BCUT2D eigenvalue weighted by Crippen LogP contribution is -2.22. The zero-order valence-corrected chi connectivity index (χ0v) is 9.86. The lowest BCUT2D eigenvalue weighted by Gasteiger charge is -2.05. The van der Waals surface area contributed by atoms with Gasteiger partial charge in [0.15, 0.2) is 5.15 Å². The highest BCUT2D eigenvalue weighted by atomic mass is 35.5. The summed E-state index contributed by atoms with van der Waals surface area (Å²) in [7, 11) is 1.32. The van der Waals surface area contributed by atoms with Crippen LogP contribution in [0.15, 0.2) is 24.5 Å². The van der Waals surface area contributed by atoms with Crippen LogP contribution in [0, 0.1) is 0 Å². The molecule has 2 rings (SSSR count). The lowest BCUT2D eigenvalue weighted by molar-refractivity contribution is 0.170. The molecule has 0 saturated heterocycles. The van der Waals surface area contributed by atoms with Crippen molar-refractivity contribution in [3.8, 4) is 0 Å². The zero-order valence-electron chi connectivity index (χ0n) is 9.11. The highest BCUT2D eigenvalue weighted by molar-refractivity contribution is 6.33. The fourth-order valence-corrected chi connectivity index (χ4v) is 1.63. The molecule has 0 aliphatic carbocycles. The van der Waals surface area contributed by atoms with Crippen LogP contribution in [0.4, 0.5) is 4.79 Å². The number of carbonyl (C=O) groups excluding carboxylic acids is 1. The largest absolute Gasteiger partial charge is 0.453 e. The van der Waals surface area contributed by atoms with Crippen molar-refractivity contribution in [2.24, 2.45) is 0 Å². The van der Waals surface area contributed by atoms with Gasteiger partial charge in [-0.25, -0.2) is 9.78 Å². The van der Waals surface area contributed by atoms with Crippen LogP contribution < -0.4 is 5.32 Å². The highest BCUT2D eigenvalue weighted by Gasteiger charge is 2.04. The summed E-state index contributed by atoms with van der Waals surface area (Å²) in [6.07, 6.45) is 2.79. The van der Waals surface area contributed by atoms with Gasteiger partial charge in [-0.2, -0.15) is 0 Å². The van der Waals surface area contributed by atoms with Crippen molar-refractivity contribution in [3.63, 3.8) is 0 Å². The van der Waals surface area contributed by atoms with E-state index in [1.165, 1.54) is 7.11 Å². The summed E-state index contributed by atoms with van der Waals surface area (Å²) < 4.78 is 4.48. The molecule has 1 amide bonds. The average Bonchev–Trinajstić information content (AvgIpc) is 2.36. The standard InChI is InChI=1S/C11H10ClN3O2/c1-17-11(16)15-6-7-4-8-2-3-13-10(12)9(8)14-5-7/h2-5H,6H2,1H3,(H,15,16). The molecule has 88 valence electrons. The van der Waals surface area contributed by atoms with Crippen LogP contribution in [-0.4, -0.2) is 23.2 Å². The minimum absolute atomic E-state index is 0.357. The van der Waals surface area contributed by atoms with Crippen LogP contribution >= 0.6 is 11.6 Å². The first-order valence-corrected chi connectivity index (χ1v) is 5.29. The SMILES string of the molecule is COC(=O)NCc1cnc2c(Cl)nccc2c1. The first kappa shape index (κ1) is 11.6. The van der Waals surface area contributed by atoms with Crippen LogP contribution in [0.1, 0.15) is 5.56 Å². The third-order valence-corrected chi connectivity index (χ3v) is 2.51. The minimum atomic E-state index is -0.474. The Bertz CT molecular complexity index is 559. The molecule has 0 unspecified atom stereocenters. The number of fused-ring (bicyclic) bond motifs is 1. The number of halogens is 1. The summed E-state index contributed by atoms with van der Waals surface area (Å²) >= 11 is 5.90.